The van der Waals surface area contributed by atoms with Gasteiger partial charge in [-0.1, -0.05) is 12.1 Å². The summed E-state index contributed by atoms with van der Waals surface area (Å²) in [6.45, 7) is 3.29. The maximum Gasteiger partial charge on any atom is 0.251 e. The zero-order chi connectivity index (χ0) is 15.7. The number of rotatable bonds is 4. The van der Waals surface area contributed by atoms with E-state index in [1.165, 1.54) is 6.07 Å². The number of ketones is 1. The maximum absolute atomic E-state index is 13.2. The molecule has 0 aliphatic heterocycles. The minimum absolute atomic E-state index is 0.125. The molecule has 0 atom stereocenters. The van der Waals surface area contributed by atoms with Gasteiger partial charge in [-0.15, -0.1) is 11.3 Å². The molecule has 0 aliphatic carbocycles. The van der Waals surface area contributed by atoms with Crippen molar-refractivity contribution < 1.29 is 14.0 Å². The Balaban J connectivity index is 2.31. The first-order valence-corrected chi connectivity index (χ1v) is 7.09. The number of anilines is 1. The Morgan fingerprint density at radius 2 is 1.95 bits per heavy atom. The number of primary amides is 1. The van der Waals surface area contributed by atoms with E-state index in [4.69, 9.17) is 11.5 Å². The van der Waals surface area contributed by atoms with Crippen LogP contribution >= 0.6 is 11.3 Å². The zero-order valence-electron chi connectivity index (χ0n) is 11.7. The second-order valence-corrected chi connectivity index (χ2v) is 5.90. The minimum Gasteiger partial charge on any atom is -0.390 e. The molecule has 1 heterocycles. The fourth-order valence-corrected chi connectivity index (χ4v) is 3.21. The number of aryl methyl sites for hydroxylation is 1. The lowest BCUT2D eigenvalue weighted by atomic mass is 10.0. The molecule has 0 saturated carbocycles. The van der Waals surface area contributed by atoms with Crippen LogP contribution in [0.4, 0.5) is 9.39 Å². The Labute approximate surface area is 125 Å². The number of benzene rings is 1. The van der Waals surface area contributed by atoms with E-state index in [2.05, 4.69) is 0 Å². The van der Waals surface area contributed by atoms with Gasteiger partial charge in [0, 0.05) is 6.42 Å². The summed E-state index contributed by atoms with van der Waals surface area (Å²) in [5, 5.41) is 0.249. The van der Waals surface area contributed by atoms with Crippen molar-refractivity contribution in [1.82, 2.24) is 0 Å². The lowest BCUT2D eigenvalue weighted by Gasteiger charge is -2.03. The van der Waals surface area contributed by atoms with E-state index < -0.39 is 5.91 Å². The minimum atomic E-state index is -0.641. The first-order chi connectivity index (χ1) is 9.81. The van der Waals surface area contributed by atoms with Crippen LogP contribution in [-0.4, -0.2) is 11.7 Å². The molecule has 1 amide bonds. The second-order valence-electron chi connectivity index (χ2n) is 4.84. The summed E-state index contributed by atoms with van der Waals surface area (Å²) in [5.41, 5.74) is 12.9. The first kappa shape index (κ1) is 15.2. The molecule has 0 bridgehead atoms. The molecule has 0 unspecified atom stereocenters. The van der Waals surface area contributed by atoms with Gasteiger partial charge in [0.2, 0.25) is 0 Å². The van der Waals surface area contributed by atoms with E-state index in [1.54, 1.807) is 26.0 Å². The molecule has 1 aromatic carbocycles. The van der Waals surface area contributed by atoms with Crippen LogP contribution in [0.5, 0.6) is 0 Å². The molecule has 4 N–H and O–H groups in total. The molecule has 0 saturated heterocycles. The summed E-state index contributed by atoms with van der Waals surface area (Å²) >= 11 is 1.06. The highest BCUT2D eigenvalue weighted by Crippen LogP contribution is 2.31. The molecule has 21 heavy (non-hydrogen) atoms. The molecule has 2 aromatic rings. The molecule has 6 heteroatoms. The largest absolute Gasteiger partial charge is 0.390 e. The number of nitrogens with two attached hydrogens (primary N) is 2. The van der Waals surface area contributed by atoms with Gasteiger partial charge < -0.3 is 11.5 Å². The van der Waals surface area contributed by atoms with Gasteiger partial charge in [0.05, 0.1) is 15.4 Å². The van der Waals surface area contributed by atoms with Gasteiger partial charge in [-0.25, -0.2) is 4.39 Å². The van der Waals surface area contributed by atoms with Crippen LogP contribution in [0, 0.1) is 19.7 Å². The number of hydrogen-bond donors (Lipinski definition) is 2. The van der Waals surface area contributed by atoms with Gasteiger partial charge in [-0.05, 0) is 36.6 Å². The summed E-state index contributed by atoms with van der Waals surface area (Å²) in [6.07, 6.45) is 0.125. The van der Waals surface area contributed by atoms with E-state index in [0.29, 0.717) is 21.6 Å². The molecular weight excluding hydrogens is 291 g/mol. The number of thiophene rings is 1. The average Bonchev–Trinajstić information content (AvgIpc) is 2.69. The molecule has 110 valence electrons. The lowest BCUT2D eigenvalue weighted by molar-refractivity contribution is 0.0995. The highest BCUT2D eigenvalue weighted by atomic mass is 32.1. The van der Waals surface area contributed by atoms with Crippen molar-refractivity contribution in [2.45, 2.75) is 20.3 Å². The Morgan fingerprint density at radius 1 is 1.29 bits per heavy atom. The van der Waals surface area contributed by atoms with Gasteiger partial charge in [0.1, 0.15) is 5.82 Å². The second kappa shape index (κ2) is 5.65. The first-order valence-electron chi connectivity index (χ1n) is 6.28. The van der Waals surface area contributed by atoms with Crippen molar-refractivity contribution in [2.75, 3.05) is 5.73 Å². The SMILES string of the molecule is Cc1cc(CC(=O)c2sc(N)c(C(N)=O)c2C)ccc1F. The predicted molar refractivity (Wildman–Crippen MR) is 81.2 cm³/mol. The van der Waals surface area contributed by atoms with Crippen LogP contribution in [0.2, 0.25) is 0 Å². The number of Topliss-reactive ketones (excluding diaryl/α,β-unsaturated/α-hetero) is 1. The predicted octanol–water partition coefficient (Wildman–Crippen LogP) is 2.61. The van der Waals surface area contributed by atoms with Crippen LogP contribution in [-0.2, 0) is 6.42 Å². The van der Waals surface area contributed by atoms with Crippen LogP contribution in [0.25, 0.3) is 0 Å². The molecule has 0 radical (unpaired) electrons. The van der Waals surface area contributed by atoms with E-state index in [-0.39, 0.29) is 28.6 Å². The van der Waals surface area contributed by atoms with E-state index in [9.17, 15) is 14.0 Å². The van der Waals surface area contributed by atoms with Gasteiger partial charge in [-0.2, -0.15) is 0 Å². The molecule has 1 aromatic heterocycles. The quantitative estimate of drug-likeness (QED) is 0.851. The molecule has 0 fully saturated rings. The smallest absolute Gasteiger partial charge is 0.251 e. The van der Waals surface area contributed by atoms with E-state index >= 15 is 0 Å². The van der Waals surface area contributed by atoms with Crippen LogP contribution in [0.15, 0.2) is 18.2 Å². The topological polar surface area (TPSA) is 86.2 Å². The summed E-state index contributed by atoms with van der Waals surface area (Å²) in [7, 11) is 0. The lowest BCUT2D eigenvalue weighted by Crippen LogP contribution is -2.13. The van der Waals surface area contributed by atoms with E-state index in [1.807, 2.05) is 0 Å². The third-order valence-electron chi connectivity index (χ3n) is 3.26. The third-order valence-corrected chi connectivity index (χ3v) is 4.42. The van der Waals surface area contributed by atoms with Crippen molar-refractivity contribution in [3.63, 3.8) is 0 Å². The Kier molecular flexibility index (Phi) is 4.09. The molecular formula is C15H15FN2O2S. The highest BCUT2D eigenvalue weighted by Gasteiger charge is 2.21. The molecule has 2 rings (SSSR count). The zero-order valence-corrected chi connectivity index (χ0v) is 12.5. The molecule has 4 nitrogen and oxygen atoms in total. The summed E-state index contributed by atoms with van der Waals surface area (Å²) in [4.78, 5) is 24.1. The van der Waals surface area contributed by atoms with Crippen molar-refractivity contribution in [1.29, 1.82) is 0 Å². The summed E-state index contributed by atoms with van der Waals surface area (Å²) in [5.74, 6) is -1.11. The van der Waals surface area contributed by atoms with Gasteiger partial charge in [0.25, 0.3) is 5.91 Å². The summed E-state index contributed by atoms with van der Waals surface area (Å²) < 4.78 is 13.2. The number of amides is 1. The van der Waals surface area contributed by atoms with Crippen molar-refractivity contribution in [2.24, 2.45) is 5.73 Å². The average molecular weight is 306 g/mol. The standard InChI is InChI=1S/C15H15FN2O2S/c1-7-5-9(3-4-10(7)16)6-11(19)13-8(2)12(14(17)20)15(18)21-13/h3-5H,6,18H2,1-2H3,(H2,17,20). The maximum atomic E-state index is 13.2. The summed E-state index contributed by atoms with van der Waals surface area (Å²) in [6, 6.07) is 4.54. The normalized spacial score (nSPS) is 10.6. The molecule has 0 spiro atoms. The van der Waals surface area contributed by atoms with Crippen LogP contribution in [0.3, 0.4) is 0 Å². The van der Waals surface area contributed by atoms with Crippen molar-refractivity contribution >= 4 is 28.0 Å². The number of hydrogen-bond acceptors (Lipinski definition) is 4. The monoisotopic (exact) mass is 306 g/mol. The Bertz CT molecular complexity index is 738. The van der Waals surface area contributed by atoms with Crippen molar-refractivity contribution in [3.05, 3.63) is 51.1 Å². The molecule has 0 aliphatic rings. The number of carbonyl (C=O) groups excluding carboxylic acids is 2. The van der Waals surface area contributed by atoms with Gasteiger partial charge in [-0.3, -0.25) is 9.59 Å². The number of halogens is 1. The highest BCUT2D eigenvalue weighted by molar-refractivity contribution is 7.18. The van der Waals surface area contributed by atoms with Gasteiger partial charge >= 0.3 is 0 Å². The fourth-order valence-electron chi connectivity index (χ4n) is 2.19. The van der Waals surface area contributed by atoms with Crippen molar-refractivity contribution in [3.8, 4) is 0 Å². The Hall–Kier alpha value is -2.21. The fraction of sp³-hybridized carbons (Fsp3) is 0.200. The third kappa shape index (κ3) is 2.95. The van der Waals surface area contributed by atoms with Gasteiger partial charge in [0.15, 0.2) is 5.78 Å². The number of carbonyl (C=O) groups is 2. The van der Waals surface area contributed by atoms with Crippen LogP contribution < -0.4 is 11.5 Å². The van der Waals surface area contributed by atoms with Crippen LogP contribution in [0.1, 0.15) is 36.7 Å². The number of nitrogen functional groups attached to an aromatic ring is 1. The van der Waals surface area contributed by atoms with E-state index in [0.717, 1.165) is 11.3 Å². The Morgan fingerprint density at radius 3 is 2.48 bits per heavy atom.